The standard InChI is InChI=1S/C22H23N3O4S/c1-29-22(26)18-9-7-17(8-10-18)4-3-12-23-14-15-25-30(27,28)21-6-2-5-19-16-24-13-11-20(19)21/h2-11,13,16,23,25H,12,14-15H2,1H3/b4-3+. The van der Waals surface area contributed by atoms with Gasteiger partial charge in [-0.05, 0) is 29.8 Å². The minimum Gasteiger partial charge on any atom is -0.465 e. The summed E-state index contributed by atoms with van der Waals surface area (Å²) in [7, 11) is -2.26. The lowest BCUT2D eigenvalue weighted by Gasteiger charge is -2.09. The van der Waals surface area contributed by atoms with Gasteiger partial charge in [0.15, 0.2) is 0 Å². The van der Waals surface area contributed by atoms with Crippen LogP contribution in [-0.4, -0.2) is 46.1 Å². The van der Waals surface area contributed by atoms with Gasteiger partial charge in [-0.3, -0.25) is 4.98 Å². The van der Waals surface area contributed by atoms with Crippen LogP contribution < -0.4 is 10.0 Å². The van der Waals surface area contributed by atoms with Crippen molar-refractivity contribution >= 4 is 32.8 Å². The number of carbonyl (C=O) groups is 1. The van der Waals surface area contributed by atoms with Gasteiger partial charge >= 0.3 is 5.97 Å². The maximum atomic E-state index is 12.6. The molecule has 0 saturated heterocycles. The van der Waals surface area contributed by atoms with Gasteiger partial charge in [0.2, 0.25) is 10.0 Å². The highest BCUT2D eigenvalue weighted by molar-refractivity contribution is 7.89. The van der Waals surface area contributed by atoms with Crippen LogP contribution in [0.1, 0.15) is 15.9 Å². The van der Waals surface area contributed by atoms with Gasteiger partial charge in [0, 0.05) is 42.8 Å². The Bertz CT molecular complexity index is 1140. The van der Waals surface area contributed by atoms with E-state index in [2.05, 4.69) is 19.8 Å². The zero-order chi connectivity index (χ0) is 21.4. The fourth-order valence-corrected chi connectivity index (χ4v) is 4.17. The van der Waals surface area contributed by atoms with Crippen molar-refractivity contribution in [1.82, 2.24) is 15.0 Å². The number of benzene rings is 2. The molecule has 2 aromatic carbocycles. The van der Waals surface area contributed by atoms with Crippen LogP contribution in [0.15, 0.2) is 71.9 Å². The summed E-state index contributed by atoms with van der Waals surface area (Å²) >= 11 is 0. The molecule has 8 heteroatoms. The quantitative estimate of drug-likeness (QED) is 0.404. The fraction of sp³-hybridized carbons (Fsp3) is 0.182. The van der Waals surface area contributed by atoms with Gasteiger partial charge in [0.05, 0.1) is 17.6 Å². The Balaban J connectivity index is 1.45. The molecule has 7 nitrogen and oxygen atoms in total. The van der Waals surface area contributed by atoms with E-state index in [-0.39, 0.29) is 17.4 Å². The molecule has 30 heavy (non-hydrogen) atoms. The molecule has 1 aromatic heterocycles. The number of nitrogens with zero attached hydrogens (tertiary/aromatic N) is 1. The molecule has 1 heterocycles. The predicted molar refractivity (Wildman–Crippen MR) is 117 cm³/mol. The van der Waals surface area contributed by atoms with Crippen LogP contribution in [-0.2, 0) is 14.8 Å². The third kappa shape index (κ3) is 5.50. The Kier molecular flexibility index (Phi) is 7.29. The lowest BCUT2D eigenvalue weighted by atomic mass is 10.1. The second-order valence-corrected chi connectivity index (χ2v) is 8.21. The SMILES string of the molecule is COC(=O)c1ccc(/C=C/CNCCNS(=O)(=O)c2cccc3cnccc23)cc1. The summed E-state index contributed by atoms with van der Waals surface area (Å²) in [5.74, 6) is -0.366. The number of hydrogen-bond donors (Lipinski definition) is 2. The van der Waals surface area contributed by atoms with Crippen molar-refractivity contribution < 1.29 is 17.9 Å². The molecule has 0 atom stereocenters. The van der Waals surface area contributed by atoms with E-state index in [1.165, 1.54) is 7.11 Å². The van der Waals surface area contributed by atoms with Gasteiger partial charge < -0.3 is 10.1 Å². The molecule has 0 aliphatic rings. The first-order chi connectivity index (χ1) is 14.5. The minimum atomic E-state index is -3.61. The van der Waals surface area contributed by atoms with Crippen LogP contribution in [0.25, 0.3) is 16.8 Å². The van der Waals surface area contributed by atoms with Crippen LogP contribution in [0.5, 0.6) is 0 Å². The molecule has 0 amide bonds. The van der Waals surface area contributed by atoms with Crippen molar-refractivity contribution in [2.24, 2.45) is 0 Å². The number of fused-ring (bicyclic) bond motifs is 1. The molecule has 156 valence electrons. The van der Waals surface area contributed by atoms with Crippen LogP contribution in [0.3, 0.4) is 0 Å². The lowest BCUT2D eigenvalue weighted by Crippen LogP contribution is -2.32. The average molecular weight is 426 g/mol. The Morgan fingerprint density at radius 2 is 1.90 bits per heavy atom. The van der Waals surface area contributed by atoms with E-state index >= 15 is 0 Å². The third-order valence-corrected chi connectivity index (χ3v) is 5.95. The fourth-order valence-electron chi connectivity index (χ4n) is 2.91. The van der Waals surface area contributed by atoms with Gasteiger partial charge in [0.25, 0.3) is 0 Å². The maximum Gasteiger partial charge on any atom is 0.337 e. The second kappa shape index (κ2) is 10.1. The molecule has 0 saturated carbocycles. The molecule has 0 bridgehead atoms. The summed E-state index contributed by atoms with van der Waals surface area (Å²) in [5.41, 5.74) is 1.46. The molecule has 3 rings (SSSR count). The van der Waals surface area contributed by atoms with E-state index in [1.54, 1.807) is 42.7 Å². The Morgan fingerprint density at radius 3 is 2.67 bits per heavy atom. The topological polar surface area (TPSA) is 97.4 Å². The maximum absolute atomic E-state index is 12.6. The third-order valence-electron chi connectivity index (χ3n) is 4.43. The van der Waals surface area contributed by atoms with Crippen molar-refractivity contribution in [1.29, 1.82) is 0 Å². The molecule has 0 aliphatic heterocycles. The zero-order valence-electron chi connectivity index (χ0n) is 16.5. The highest BCUT2D eigenvalue weighted by Gasteiger charge is 2.16. The molecule has 0 aliphatic carbocycles. The van der Waals surface area contributed by atoms with Crippen molar-refractivity contribution in [3.8, 4) is 0 Å². The van der Waals surface area contributed by atoms with E-state index in [0.717, 1.165) is 10.9 Å². The highest BCUT2D eigenvalue weighted by Crippen LogP contribution is 2.21. The Hall–Kier alpha value is -3.07. The normalized spacial score (nSPS) is 11.8. The summed E-state index contributed by atoms with van der Waals surface area (Å²) in [6, 6.07) is 13.9. The van der Waals surface area contributed by atoms with E-state index in [1.807, 2.05) is 30.4 Å². The van der Waals surface area contributed by atoms with E-state index in [4.69, 9.17) is 0 Å². The monoisotopic (exact) mass is 425 g/mol. The van der Waals surface area contributed by atoms with Crippen LogP contribution in [0.2, 0.25) is 0 Å². The summed E-state index contributed by atoms with van der Waals surface area (Å²) in [6.07, 6.45) is 7.07. The molecule has 0 unspecified atom stereocenters. The van der Waals surface area contributed by atoms with Crippen molar-refractivity contribution in [3.05, 3.63) is 78.1 Å². The highest BCUT2D eigenvalue weighted by atomic mass is 32.2. The van der Waals surface area contributed by atoms with E-state index in [0.29, 0.717) is 24.0 Å². The number of methoxy groups -OCH3 is 1. The minimum absolute atomic E-state index is 0.248. The second-order valence-electron chi connectivity index (χ2n) is 6.47. The number of aromatic nitrogens is 1. The number of rotatable bonds is 9. The summed E-state index contributed by atoms with van der Waals surface area (Å²) < 4.78 is 32.5. The predicted octanol–water partition coefficient (Wildman–Crippen LogP) is 2.60. The molecule has 3 aromatic rings. The molecule has 2 N–H and O–H groups in total. The zero-order valence-corrected chi connectivity index (χ0v) is 17.4. The number of ether oxygens (including phenoxy) is 1. The average Bonchev–Trinajstić information content (AvgIpc) is 2.77. The van der Waals surface area contributed by atoms with Gasteiger partial charge in [-0.25, -0.2) is 17.9 Å². The number of carbonyl (C=O) groups excluding carboxylic acids is 1. The number of esters is 1. The number of sulfonamides is 1. The molecule has 0 spiro atoms. The van der Waals surface area contributed by atoms with Gasteiger partial charge in [-0.2, -0.15) is 0 Å². The van der Waals surface area contributed by atoms with E-state index < -0.39 is 10.0 Å². The molecular formula is C22H23N3O4S. The van der Waals surface area contributed by atoms with Gasteiger partial charge in [-0.1, -0.05) is 36.4 Å². The molecular weight excluding hydrogens is 402 g/mol. The first-order valence-electron chi connectivity index (χ1n) is 9.39. The smallest absolute Gasteiger partial charge is 0.337 e. The Morgan fingerprint density at radius 1 is 1.10 bits per heavy atom. The van der Waals surface area contributed by atoms with Crippen LogP contribution >= 0.6 is 0 Å². The van der Waals surface area contributed by atoms with Gasteiger partial charge in [0.1, 0.15) is 0 Å². The van der Waals surface area contributed by atoms with E-state index in [9.17, 15) is 13.2 Å². The van der Waals surface area contributed by atoms with Gasteiger partial charge in [-0.15, -0.1) is 0 Å². The molecule has 0 fully saturated rings. The summed E-state index contributed by atoms with van der Waals surface area (Å²) in [5, 5.41) is 4.59. The van der Waals surface area contributed by atoms with Crippen LogP contribution in [0, 0.1) is 0 Å². The molecule has 0 radical (unpaired) electrons. The largest absolute Gasteiger partial charge is 0.465 e. The van der Waals surface area contributed by atoms with Crippen molar-refractivity contribution in [2.75, 3.05) is 26.7 Å². The first-order valence-corrected chi connectivity index (χ1v) is 10.9. The number of hydrogen-bond acceptors (Lipinski definition) is 6. The summed E-state index contributed by atoms with van der Waals surface area (Å²) in [4.78, 5) is 15.7. The number of nitrogens with one attached hydrogen (secondary N) is 2. The summed E-state index contributed by atoms with van der Waals surface area (Å²) in [6.45, 7) is 1.34. The number of pyridine rings is 1. The van der Waals surface area contributed by atoms with Crippen LogP contribution in [0.4, 0.5) is 0 Å². The van der Waals surface area contributed by atoms with Crippen molar-refractivity contribution in [2.45, 2.75) is 4.90 Å². The Labute approximate surface area is 175 Å². The lowest BCUT2D eigenvalue weighted by molar-refractivity contribution is 0.0600. The van der Waals surface area contributed by atoms with Crippen molar-refractivity contribution in [3.63, 3.8) is 0 Å². The first kappa shape index (κ1) is 21.6.